The Morgan fingerprint density at radius 2 is 1.64 bits per heavy atom. The number of carboxylic acid groups (broad SMARTS) is 1. The molecule has 17 heteroatoms. The molecular weight excluding hydrogens is 765 g/mol. The minimum Gasteiger partial charge on any atom is -0.481 e. The van der Waals surface area contributed by atoms with Gasteiger partial charge in [0, 0.05) is 60.4 Å². The first-order valence-electron chi connectivity index (χ1n) is 20.7. The van der Waals surface area contributed by atoms with E-state index in [1.807, 2.05) is 27.9 Å². The van der Waals surface area contributed by atoms with Crippen molar-refractivity contribution in [3.63, 3.8) is 0 Å². The SMILES string of the molecule is CC[C@H](C)[C@@H]([C@@H](CC(=O)N1CCC[C@H]1[C@H](OC)[C@@H](C)C(=O)N[C@@H](Cc1ccccc1)P(=O)(O)CC(=O)O)OC)N(C)C(=O)[C@@H](NC(N(C)C)N1CCNCC1)C(C)C. The second-order valence-electron chi connectivity index (χ2n) is 16.6. The van der Waals surface area contributed by atoms with Crippen molar-refractivity contribution in [1.82, 2.24) is 35.6 Å². The number of methoxy groups -OCH3 is 2. The Bertz CT molecular complexity index is 1520. The van der Waals surface area contributed by atoms with E-state index in [0.29, 0.717) is 24.9 Å². The smallest absolute Gasteiger partial charge is 0.313 e. The van der Waals surface area contributed by atoms with Crippen LogP contribution >= 0.6 is 7.37 Å². The van der Waals surface area contributed by atoms with Gasteiger partial charge in [0.15, 0.2) is 0 Å². The van der Waals surface area contributed by atoms with Crippen LogP contribution < -0.4 is 16.0 Å². The molecule has 10 atom stereocenters. The van der Waals surface area contributed by atoms with Gasteiger partial charge in [0.2, 0.25) is 25.1 Å². The van der Waals surface area contributed by atoms with Crippen LogP contribution in [0.5, 0.6) is 0 Å². The molecule has 58 heavy (non-hydrogen) atoms. The second kappa shape index (κ2) is 23.2. The summed E-state index contributed by atoms with van der Waals surface area (Å²) in [5, 5.41) is 19.1. The number of carbonyl (C=O) groups is 4. The van der Waals surface area contributed by atoms with Crippen LogP contribution in [0.25, 0.3) is 0 Å². The lowest BCUT2D eigenvalue weighted by Gasteiger charge is -2.44. The molecule has 0 radical (unpaired) electrons. The highest BCUT2D eigenvalue weighted by atomic mass is 31.2. The van der Waals surface area contributed by atoms with Crippen molar-refractivity contribution in [2.45, 2.75) is 109 Å². The first kappa shape index (κ1) is 49.4. The Morgan fingerprint density at radius 1 is 1.00 bits per heavy atom. The monoisotopic (exact) mass is 838 g/mol. The van der Waals surface area contributed by atoms with Crippen molar-refractivity contribution < 1.29 is 43.2 Å². The highest BCUT2D eigenvalue weighted by molar-refractivity contribution is 7.59. The minimum absolute atomic E-state index is 0.000451. The summed E-state index contributed by atoms with van der Waals surface area (Å²) in [5.74, 6) is -4.53. The fourth-order valence-corrected chi connectivity index (χ4v) is 9.91. The molecule has 16 nitrogen and oxygen atoms in total. The number of aliphatic carboxylic acids is 1. The van der Waals surface area contributed by atoms with Crippen molar-refractivity contribution in [1.29, 1.82) is 0 Å². The molecule has 2 saturated heterocycles. The predicted octanol–water partition coefficient (Wildman–Crippen LogP) is 2.31. The fourth-order valence-electron chi connectivity index (χ4n) is 8.47. The Morgan fingerprint density at radius 3 is 2.17 bits per heavy atom. The second-order valence-corrected chi connectivity index (χ2v) is 19.1. The average Bonchev–Trinajstić information content (AvgIpc) is 3.67. The molecule has 3 amide bonds. The lowest BCUT2D eigenvalue weighted by molar-refractivity contribution is -0.147. The number of carbonyl (C=O) groups excluding carboxylic acids is 3. The van der Waals surface area contributed by atoms with Gasteiger partial charge in [-0.3, -0.25) is 38.9 Å². The van der Waals surface area contributed by atoms with Gasteiger partial charge in [-0.25, -0.2) is 0 Å². The van der Waals surface area contributed by atoms with Crippen LogP contribution in [-0.4, -0.2) is 170 Å². The van der Waals surface area contributed by atoms with Crippen LogP contribution in [-0.2, 0) is 39.6 Å². The largest absolute Gasteiger partial charge is 0.481 e. The highest BCUT2D eigenvalue weighted by Crippen LogP contribution is 2.46. The maximum atomic E-state index is 14.5. The van der Waals surface area contributed by atoms with Crippen LogP contribution in [0, 0.1) is 17.8 Å². The number of nitrogens with one attached hydrogen (secondary N) is 3. The molecule has 2 fully saturated rings. The van der Waals surface area contributed by atoms with E-state index < -0.39 is 67.4 Å². The Hall–Kier alpha value is -2.95. The predicted molar refractivity (Wildman–Crippen MR) is 224 cm³/mol. The molecule has 2 heterocycles. The number of carboxylic acids is 1. The molecule has 0 bridgehead atoms. The van der Waals surface area contributed by atoms with Gasteiger partial charge in [0.05, 0.1) is 42.7 Å². The lowest BCUT2D eigenvalue weighted by Crippen LogP contribution is -2.65. The number of piperazine rings is 1. The zero-order valence-corrected chi connectivity index (χ0v) is 37.3. The molecule has 0 aliphatic carbocycles. The first-order chi connectivity index (χ1) is 27.4. The maximum Gasteiger partial charge on any atom is 0.313 e. The van der Waals surface area contributed by atoms with E-state index >= 15 is 0 Å². The lowest BCUT2D eigenvalue weighted by atomic mass is 9.89. The van der Waals surface area contributed by atoms with Gasteiger partial charge in [-0.2, -0.15) is 0 Å². The van der Waals surface area contributed by atoms with Gasteiger partial charge >= 0.3 is 5.97 Å². The number of nitrogens with zero attached hydrogens (tertiary/aromatic N) is 4. The molecule has 1 aromatic rings. The summed E-state index contributed by atoms with van der Waals surface area (Å²) in [6.07, 6.45) is -0.589. The minimum atomic E-state index is -4.38. The first-order valence-corrected chi connectivity index (χ1v) is 22.7. The Balaban J connectivity index is 1.81. The van der Waals surface area contributed by atoms with E-state index in [1.54, 1.807) is 61.2 Å². The van der Waals surface area contributed by atoms with Gasteiger partial charge in [-0.15, -0.1) is 0 Å². The van der Waals surface area contributed by atoms with Gasteiger partial charge in [0.1, 0.15) is 18.2 Å². The number of hydrogen-bond donors (Lipinski definition) is 5. The molecule has 330 valence electrons. The zero-order valence-electron chi connectivity index (χ0n) is 36.4. The van der Waals surface area contributed by atoms with Crippen molar-refractivity contribution in [3.8, 4) is 0 Å². The van der Waals surface area contributed by atoms with Crippen LogP contribution in [0.2, 0.25) is 0 Å². The third-order valence-electron chi connectivity index (χ3n) is 11.9. The summed E-state index contributed by atoms with van der Waals surface area (Å²) in [7, 11) is 4.46. The number of ether oxygens (including phenoxy) is 2. The maximum absolute atomic E-state index is 14.5. The van der Waals surface area contributed by atoms with Gasteiger partial charge < -0.3 is 39.9 Å². The summed E-state index contributed by atoms with van der Waals surface area (Å²) in [5.41, 5.74) is 0.663. The molecule has 0 saturated carbocycles. The Labute approximate surface area is 346 Å². The normalized spacial score (nSPS) is 21.7. The van der Waals surface area contributed by atoms with Crippen molar-refractivity contribution in [2.75, 3.05) is 74.2 Å². The van der Waals surface area contributed by atoms with Crippen LogP contribution in [0.1, 0.15) is 65.9 Å². The van der Waals surface area contributed by atoms with E-state index in [0.717, 1.165) is 32.6 Å². The van der Waals surface area contributed by atoms with E-state index in [9.17, 15) is 33.7 Å². The van der Waals surface area contributed by atoms with Gasteiger partial charge in [0.25, 0.3) is 0 Å². The summed E-state index contributed by atoms with van der Waals surface area (Å²) >= 11 is 0. The molecule has 2 aliphatic rings. The molecule has 3 rings (SSSR count). The number of amides is 3. The van der Waals surface area contributed by atoms with Crippen LogP contribution in [0.15, 0.2) is 30.3 Å². The van der Waals surface area contributed by atoms with E-state index in [-0.39, 0.29) is 42.8 Å². The topological polar surface area (TPSA) is 193 Å². The van der Waals surface area contributed by atoms with Crippen molar-refractivity contribution in [2.24, 2.45) is 17.8 Å². The number of likely N-dealkylation sites (N-methyl/N-ethyl adjacent to an activating group) is 1. The summed E-state index contributed by atoms with van der Waals surface area (Å²) in [6, 6.07) is 7.39. The molecule has 5 N–H and O–H groups in total. The van der Waals surface area contributed by atoms with Crippen LogP contribution in [0.4, 0.5) is 0 Å². The van der Waals surface area contributed by atoms with E-state index in [2.05, 4.69) is 39.6 Å². The number of hydrogen-bond acceptors (Lipinski definition) is 11. The summed E-state index contributed by atoms with van der Waals surface area (Å²) < 4.78 is 25.3. The van der Waals surface area contributed by atoms with Crippen LogP contribution in [0.3, 0.4) is 0 Å². The number of rotatable bonds is 23. The molecule has 0 spiro atoms. The number of likely N-dealkylation sites (tertiary alicyclic amines) is 1. The van der Waals surface area contributed by atoms with Crippen molar-refractivity contribution in [3.05, 3.63) is 35.9 Å². The zero-order chi connectivity index (χ0) is 43.3. The highest BCUT2D eigenvalue weighted by Gasteiger charge is 2.44. The van der Waals surface area contributed by atoms with Crippen molar-refractivity contribution >= 4 is 31.1 Å². The molecule has 2 unspecified atom stereocenters. The Kier molecular flexibility index (Phi) is 19.7. The average molecular weight is 838 g/mol. The van der Waals surface area contributed by atoms with E-state index in [4.69, 9.17) is 9.47 Å². The molecule has 0 aromatic heterocycles. The number of benzene rings is 1. The molecule has 2 aliphatic heterocycles. The quantitative estimate of drug-likeness (QED) is 0.0798. The fraction of sp³-hybridized carbons (Fsp3) is 0.756. The van der Waals surface area contributed by atoms with E-state index in [1.165, 1.54) is 7.11 Å². The summed E-state index contributed by atoms with van der Waals surface area (Å²) in [4.78, 5) is 72.9. The third kappa shape index (κ3) is 13.3. The standard InChI is InChI=1S/C41H72N7O9P/c1-11-28(4)37(46(8)40(53)36(27(2)3)44-41(45(6)7)47-22-19-42-20-23-47)32(56-9)25-34(49)48-21-15-18-31(48)38(57-10)29(5)39(52)43-33(58(54,55)26-35(50)51)24-30-16-13-12-14-17-30/h12-14,16-17,27-29,31-33,36-38,41-42,44H,11,15,18-26H2,1-10H3,(H,43,52)(H,50,51)(H,54,55)/t28-,29+,31-,32+,33+,36-,37-,38+,41?/m0/s1. The molecular formula is C41H72N7O9P. The third-order valence-corrected chi connectivity index (χ3v) is 13.9. The molecule has 1 aromatic carbocycles. The van der Waals surface area contributed by atoms with Gasteiger partial charge in [-0.05, 0) is 44.3 Å². The summed E-state index contributed by atoms with van der Waals surface area (Å²) in [6.45, 7) is 13.7. The van der Waals surface area contributed by atoms with Gasteiger partial charge in [-0.1, -0.05) is 71.4 Å².